The van der Waals surface area contributed by atoms with Crippen molar-refractivity contribution in [2.45, 2.75) is 11.4 Å². The van der Waals surface area contributed by atoms with Crippen LogP contribution in [0.15, 0.2) is 50.5 Å². The van der Waals surface area contributed by atoms with Gasteiger partial charge in [-0.15, -0.1) is 0 Å². The summed E-state index contributed by atoms with van der Waals surface area (Å²) in [7, 11) is -3.71. The fourth-order valence-electron chi connectivity index (χ4n) is 2.41. The molecule has 9 heteroatoms. The molecule has 4 rings (SSSR count). The highest BCUT2D eigenvalue weighted by molar-refractivity contribution is 7.89. The molecule has 1 aliphatic heterocycles. The first-order valence-corrected chi connectivity index (χ1v) is 8.51. The number of benzene rings is 2. The third kappa shape index (κ3) is 2.63. The molecule has 2 N–H and O–H groups in total. The van der Waals surface area contributed by atoms with Crippen LogP contribution >= 0.6 is 0 Å². The second-order valence-corrected chi connectivity index (χ2v) is 6.95. The van der Waals surface area contributed by atoms with Crippen molar-refractivity contribution in [1.82, 2.24) is 9.71 Å². The molecule has 1 aliphatic rings. The van der Waals surface area contributed by atoms with Crippen LogP contribution in [0, 0.1) is 0 Å². The Morgan fingerprint density at radius 2 is 1.92 bits per heavy atom. The highest BCUT2D eigenvalue weighted by Gasteiger charge is 2.20. The van der Waals surface area contributed by atoms with Gasteiger partial charge in [-0.25, -0.2) is 17.9 Å². The Morgan fingerprint density at radius 3 is 2.79 bits per heavy atom. The van der Waals surface area contributed by atoms with E-state index in [0.29, 0.717) is 28.2 Å². The van der Waals surface area contributed by atoms with Crippen LogP contribution in [-0.2, 0) is 16.6 Å². The summed E-state index contributed by atoms with van der Waals surface area (Å²) in [5.74, 6) is 0.360. The monoisotopic (exact) mass is 348 g/mol. The minimum absolute atomic E-state index is 0.0571. The molecule has 0 radical (unpaired) electrons. The molecule has 3 aromatic rings. The molecule has 0 bridgehead atoms. The third-order valence-electron chi connectivity index (χ3n) is 3.61. The summed E-state index contributed by atoms with van der Waals surface area (Å²) in [5.41, 5.74) is 1.59. The van der Waals surface area contributed by atoms with Crippen molar-refractivity contribution in [3.8, 4) is 11.5 Å². The lowest BCUT2D eigenvalue weighted by Crippen LogP contribution is -2.23. The van der Waals surface area contributed by atoms with E-state index in [4.69, 9.17) is 13.9 Å². The van der Waals surface area contributed by atoms with Crippen molar-refractivity contribution in [2.75, 3.05) is 6.79 Å². The molecule has 0 saturated heterocycles. The molecule has 0 unspecified atom stereocenters. The highest BCUT2D eigenvalue weighted by Crippen LogP contribution is 2.33. The van der Waals surface area contributed by atoms with Crippen LogP contribution in [0.5, 0.6) is 11.5 Å². The van der Waals surface area contributed by atoms with E-state index in [1.807, 2.05) is 0 Å². The summed E-state index contributed by atoms with van der Waals surface area (Å²) in [6.45, 7) is 0.135. The van der Waals surface area contributed by atoms with Crippen LogP contribution in [-0.4, -0.2) is 20.2 Å². The number of nitrogens with one attached hydrogen (secondary N) is 2. The van der Waals surface area contributed by atoms with Crippen LogP contribution in [0.2, 0.25) is 0 Å². The van der Waals surface area contributed by atoms with E-state index in [9.17, 15) is 13.2 Å². The maximum atomic E-state index is 12.4. The third-order valence-corrected chi connectivity index (χ3v) is 5.00. The van der Waals surface area contributed by atoms with Gasteiger partial charge >= 0.3 is 5.76 Å². The summed E-state index contributed by atoms with van der Waals surface area (Å²) >= 11 is 0. The first kappa shape index (κ1) is 14.8. The van der Waals surface area contributed by atoms with Crippen LogP contribution in [0.25, 0.3) is 11.1 Å². The van der Waals surface area contributed by atoms with E-state index < -0.39 is 15.8 Å². The minimum atomic E-state index is -3.71. The Hall–Kier alpha value is -2.78. The standard InChI is InChI=1S/C15H12N2O6S/c18-15-17-11-3-1-9(5-13(11)23-15)7-16-24(19,20)10-2-4-12-14(6-10)22-8-21-12/h1-6,16H,7-8H2,(H,17,18). The molecule has 0 atom stereocenters. The van der Waals surface area contributed by atoms with Crippen molar-refractivity contribution >= 4 is 21.1 Å². The van der Waals surface area contributed by atoms with Gasteiger partial charge in [-0.05, 0) is 29.8 Å². The number of hydrogen-bond donors (Lipinski definition) is 2. The number of H-pyrrole nitrogens is 1. The Bertz CT molecular complexity index is 1080. The van der Waals surface area contributed by atoms with Crippen molar-refractivity contribution in [2.24, 2.45) is 0 Å². The number of hydrogen-bond acceptors (Lipinski definition) is 6. The number of fused-ring (bicyclic) bond motifs is 2. The lowest BCUT2D eigenvalue weighted by atomic mass is 10.2. The van der Waals surface area contributed by atoms with Crippen LogP contribution in [0.1, 0.15) is 5.56 Å². The molecule has 1 aromatic heterocycles. The van der Waals surface area contributed by atoms with Gasteiger partial charge in [-0.1, -0.05) is 6.07 Å². The Morgan fingerprint density at radius 1 is 1.08 bits per heavy atom. The lowest BCUT2D eigenvalue weighted by Gasteiger charge is -2.07. The number of sulfonamides is 1. The van der Waals surface area contributed by atoms with E-state index in [0.717, 1.165) is 0 Å². The summed E-state index contributed by atoms with van der Waals surface area (Å²) in [4.78, 5) is 13.7. The number of aromatic amines is 1. The molecule has 124 valence electrons. The molecule has 0 amide bonds. The van der Waals surface area contributed by atoms with Crippen LogP contribution in [0.4, 0.5) is 0 Å². The predicted molar refractivity (Wildman–Crippen MR) is 83.4 cm³/mol. The number of oxazole rings is 1. The van der Waals surface area contributed by atoms with Crippen LogP contribution < -0.4 is 20.0 Å². The molecular weight excluding hydrogens is 336 g/mol. The molecule has 0 aliphatic carbocycles. The summed E-state index contributed by atoms with van der Waals surface area (Å²) < 4.78 is 42.6. The van der Waals surface area contributed by atoms with Gasteiger partial charge in [-0.3, -0.25) is 4.98 Å². The quantitative estimate of drug-likeness (QED) is 0.736. The van der Waals surface area contributed by atoms with Gasteiger partial charge in [0.25, 0.3) is 0 Å². The molecule has 0 fully saturated rings. The normalized spacial score (nSPS) is 13.5. The first-order valence-electron chi connectivity index (χ1n) is 7.02. The number of ether oxygens (including phenoxy) is 2. The van der Waals surface area contributed by atoms with Crippen LogP contribution in [0.3, 0.4) is 0 Å². The molecule has 0 saturated carbocycles. The van der Waals surface area contributed by atoms with Crippen molar-refractivity contribution < 1.29 is 22.3 Å². The lowest BCUT2D eigenvalue weighted by molar-refractivity contribution is 0.174. The molecule has 24 heavy (non-hydrogen) atoms. The molecule has 2 heterocycles. The molecule has 0 spiro atoms. The zero-order valence-corrected chi connectivity index (χ0v) is 13.1. The zero-order valence-electron chi connectivity index (χ0n) is 12.2. The summed E-state index contributed by atoms with van der Waals surface area (Å²) in [5, 5.41) is 0. The van der Waals surface area contributed by atoms with Crippen molar-refractivity contribution in [3.63, 3.8) is 0 Å². The molecule has 2 aromatic carbocycles. The summed E-state index contributed by atoms with van der Waals surface area (Å²) in [6.07, 6.45) is 0. The van der Waals surface area contributed by atoms with Gasteiger partial charge in [0.1, 0.15) is 0 Å². The first-order chi connectivity index (χ1) is 11.5. The zero-order chi connectivity index (χ0) is 16.7. The second kappa shape index (κ2) is 5.39. The SMILES string of the molecule is O=c1[nH]c2ccc(CNS(=O)(=O)c3ccc4c(c3)OCO4)cc2o1. The Kier molecular flexibility index (Phi) is 3.32. The van der Waals surface area contributed by atoms with E-state index in [1.54, 1.807) is 24.3 Å². The second-order valence-electron chi connectivity index (χ2n) is 5.18. The average Bonchev–Trinajstić information content (AvgIpc) is 3.16. The van der Waals surface area contributed by atoms with Gasteiger partial charge in [0.05, 0.1) is 10.4 Å². The Labute approximate surface area is 136 Å². The Balaban J connectivity index is 1.55. The largest absolute Gasteiger partial charge is 0.454 e. The predicted octanol–water partition coefficient (Wildman–Crippen LogP) is 1.33. The maximum Gasteiger partial charge on any atom is 0.417 e. The van der Waals surface area contributed by atoms with Gasteiger partial charge in [0.2, 0.25) is 16.8 Å². The van der Waals surface area contributed by atoms with E-state index in [-0.39, 0.29) is 18.2 Å². The number of rotatable bonds is 4. The fraction of sp³-hybridized carbons (Fsp3) is 0.133. The van der Waals surface area contributed by atoms with E-state index in [1.165, 1.54) is 12.1 Å². The fourth-order valence-corrected chi connectivity index (χ4v) is 3.44. The topological polar surface area (TPSA) is 111 Å². The average molecular weight is 348 g/mol. The highest BCUT2D eigenvalue weighted by atomic mass is 32.2. The van der Waals surface area contributed by atoms with E-state index in [2.05, 4.69) is 9.71 Å². The van der Waals surface area contributed by atoms with Gasteiger partial charge < -0.3 is 13.9 Å². The minimum Gasteiger partial charge on any atom is -0.454 e. The maximum absolute atomic E-state index is 12.4. The molecular formula is C15H12N2O6S. The number of aromatic nitrogens is 1. The van der Waals surface area contributed by atoms with Gasteiger partial charge in [-0.2, -0.15) is 0 Å². The summed E-state index contributed by atoms with van der Waals surface area (Å²) in [6, 6.07) is 9.39. The smallest absolute Gasteiger partial charge is 0.417 e. The van der Waals surface area contributed by atoms with Crippen molar-refractivity contribution in [3.05, 3.63) is 52.5 Å². The van der Waals surface area contributed by atoms with Gasteiger partial charge in [0, 0.05) is 12.6 Å². The van der Waals surface area contributed by atoms with Gasteiger partial charge in [0.15, 0.2) is 17.1 Å². The molecule has 8 nitrogen and oxygen atoms in total. The van der Waals surface area contributed by atoms with E-state index >= 15 is 0 Å². The van der Waals surface area contributed by atoms with Crippen molar-refractivity contribution in [1.29, 1.82) is 0 Å².